The van der Waals surface area contributed by atoms with Gasteiger partial charge in [-0.1, -0.05) is 23.7 Å². The number of benzene rings is 2. The molecule has 43 heavy (non-hydrogen) atoms. The molecule has 0 aliphatic carbocycles. The molecule has 3 N–H and O–H groups in total. The van der Waals surface area contributed by atoms with E-state index < -0.39 is 52.2 Å². The molecule has 12 nitrogen and oxygen atoms in total. The summed E-state index contributed by atoms with van der Waals surface area (Å²) in [4.78, 5) is 53.9. The molecule has 2 aromatic carbocycles. The van der Waals surface area contributed by atoms with Gasteiger partial charge in [0.25, 0.3) is 0 Å². The highest BCUT2D eigenvalue weighted by Gasteiger charge is 2.45. The van der Waals surface area contributed by atoms with Gasteiger partial charge in [-0.2, -0.15) is 4.31 Å². The molecule has 0 unspecified atom stereocenters. The zero-order valence-electron chi connectivity index (χ0n) is 25.3. The highest BCUT2D eigenvalue weighted by atomic mass is 35.5. The number of primary amides is 1. The molecule has 2 atom stereocenters. The van der Waals surface area contributed by atoms with Gasteiger partial charge < -0.3 is 25.6 Å². The molecular weight excluding hydrogens is 598 g/mol. The second-order valence-electron chi connectivity index (χ2n) is 11.7. The zero-order chi connectivity index (χ0) is 32.3. The van der Waals surface area contributed by atoms with E-state index in [2.05, 4.69) is 5.32 Å². The van der Waals surface area contributed by atoms with Gasteiger partial charge in [0, 0.05) is 30.7 Å². The average Bonchev–Trinajstić information content (AvgIpc) is 3.27. The van der Waals surface area contributed by atoms with Crippen molar-refractivity contribution in [1.29, 1.82) is 0 Å². The fourth-order valence-corrected chi connectivity index (χ4v) is 6.73. The predicted molar refractivity (Wildman–Crippen MR) is 163 cm³/mol. The van der Waals surface area contributed by atoms with Gasteiger partial charge in [0.05, 0.1) is 11.4 Å². The molecule has 14 heteroatoms. The van der Waals surface area contributed by atoms with E-state index in [9.17, 15) is 27.6 Å². The van der Waals surface area contributed by atoms with Crippen molar-refractivity contribution >= 4 is 56.2 Å². The summed E-state index contributed by atoms with van der Waals surface area (Å²) in [6.45, 7) is 10.1. The third-order valence-corrected chi connectivity index (χ3v) is 9.09. The summed E-state index contributed by atoms with van der Waals surface area (Å²) in [5.74, 6) is -1.89. The van der Waals surface area contributed by atoms with Crippen LogP contribution in [0.2, 0.25) is 5.02 Å². The standard InChI is InChI=1S/C29H40ClN5O7S/c1-18(2)33(14-12-32-28(39)42-29(4,5)6)26(37)19(3)34-13-11-24(27(34)38)35(17-25(31)36)43(40,41)23-10-8-20-15-22(30)9-7-21(20)16-23/h7-10,15-16,18-19,24H,11-14,17H2,1-6H3,(H2,31,36)(H,32,39)/t19-,24-/m0/s1. The monoisotopic (exact) mass is 637 g/mol. The quantitative estimate of drug-likeness (QED) is 0.383. The van der Waals surface area contributed by atoms with Crippen LogP contribution in [0.1, 0.15) is 48.0 Å². The van der Waals surface area contributed by atoms with Crippen LogP contribution >= 0.6 is 11.6 Å². The van der Waals surface area contributed by atoms with Gasteiger partial charge in [-0.25, -0.2) is 13.2 Å². The van der Waals surface area contributed by atoms with E-state index in [4.69, 9.17) is 22.1 Å². The van der Waals surface area contributed by atoms with Crippen LogP contribution in [-0.4, -0.2) is 96.2 Å². The van der Waals surface area contributed by atoms with Gasteiger partial charge in [0.2, 0.25) is 27.7 Å². The molecule has 0 spiro atoms. The lowest BCUT2D eigenvalue weighted by Crippen LogP contribution is -2.54. The maximum Gasteiger partial charge on any atom is 0.407 e. The first-order valence-electron chi connectivity index (χ1n) is 14.0. The van der Waals surface area contributed by atoms with E-state index >= 15 is 0 Å². The number of carbonyl (C=O) groups excluding carboxylic acids is 4. The fraction of sp³-hybridized carbons (Fsp3) is 0.517. The number of rotatable bonds is 11. The number of likely N-dealkylation sites (tertiary alicyclic amines) is 1. The predicted octanol–water partition coefficient (Wildman–Crippen LogP) is 2.72. The van der Waals surface area contributed by atoms with Crippen molar-refractivity contribution in [2.24, 2.45) is 5.73 Å². The van der Waals surface area contributed by atoms with Crippen molar-refractivity contribution < 1.29 is 32.3 Å². The third-order valence-electron chi connectivity index (χ3n) is 7.00. The van der Waals surface area contributed by atoms with E-state index in [0.29, 0.717) is 10.4 Å². The summed E-state index contributed by atoms with van der Waals surface area (Å²) in [6.07, 6.45) is -0.547. The van der Waals surface area contributed by atoms with Gasteiger partial charge in [-0.05, 0) is 83.0 Å². The Hall–Kier alpha value is -3.42. The molecule has 0 radical (unpaired) electrons. The number of ether oxygens (including phenoxy) is 1. The van der Waals surface area contributed by atoms with Gasteiger partial charge in [0.1, 0.15) is 17.7 Å². The third kappa shape index (κ3) is 8.36. The minimum Gasteiger partial charge on any atom is -0.444 e. The first-order valence-corrected chi connectivity index (χ1v) is 15.8. The Labute approximate surface area is 257 Å². The molecule has 1 aliphatic rings. The Bertz CT molecular complexity index is 1490. The molecule has 1 fully saturated rings. The van der Waals surface area contributed by atoms with E-state index in [-0.39, 0.29) is 42.9 Å². The Morgan fingerprint density at radius 2 is 1.74 bits per heavy atom. The maximum absolute atomic E-state index is 13.8. The number of amides is 4. The van der Waals surface area contributed by atoms with Crippen LogP contribution in [0.5, 0.6) is 0 Å². The second kappa shape index (κ2) is 13.5. The van der Waals surface area contributed by atoms with Gasteiger partial charge in [-0.15, -0.1) is 0 Å². The van der Waals surface area contributed by atoms with Crippen LogP contribution in [0.4, 0.5) is 4.79 Å². The van der Waals surface area contributed by atoms with Crippen molar-refractivity contribution in [3.63, 3.8) is 0 Å². The molecule has 1 saturated heterocycles. The molecule has 1 heterocycles. The number of sulfonamides is 1. The van der Waals surface area contributed by atoms with Crippen LogP contribution in [-0.2, 0) is 29.1 Å². The topological polar surface area (TPSA) is 159 Å². The minimum atomic E-state index is -4.34. The molecule has 0 bridgehead atoms. The van der Waals surface area contributed by atoms with Crippen molar-refractivity contribution in [2.75, 3.05) is 26.2 Å². The minimum absolute atomic E-state index is 0.0635. The Morgan fingerprint density at radius 1 is 1.12 bits per heavy atom. The second-order valence-corrected chi connectivity index (χ2v) is 14.1. The van der Waals surface area contributed by atoms with Crippen LogP contribution in [0.3, 0.4) is 0 Å². The van der Waals surface area contributed by atoms with Crippen LogP contribution in [0.25, 0.3) is 10.8 Å². The van der Waals surface area contributed by atoms with Crippen molar-refractivity contribution in [2.45, 2.75) is 76.6 Å². The molecular formula is C29H40ClN5O7S. The first kappa shape index (κ1) is 34.1. The largest absolute Gasteiger partial charge is 0.444 e. The van der Waals surface area contributed by atoms with Gasteiger partial charge in [0.15, 0.2) is 0 Å². The summed E-state index contributed by atoms with van der Waals surface area (Å²) >= 11 is 6.05. The number of nitrogens with two attached hydrogens (primary N) is 1. The molecule has 236 valence electrons. The Balaban J connectivity index is 1.79. The summed E-state index contributed by atoms with van der Waals surface area (Å²) in [6, 6.07) is 7.03. The number of alkyl carbamates (subject to hydrolysis) is 1. The molecule has 3 rings (SSSR count). The highest BCUT2D eigenvalue weighted by molar-refractivity contribution is 7.89. The lowest BCUT2D eigenvalue weighted by Gasteiger charge is -2.33. The maximum atomic E-state index is 13.8. The smallest absolute Gasteiger partial charge is 0.407 e. The normalized spacial score (nSPS) is 16.5. The number of nitrogens with zero attached hydrogens (tertiary/aromatic N) is 3. The lowest BCUT2D eigenvalue weighted by atomic mass is 10.1. The van der Waals surface area contributed by atoms with E-state index in [1.54, 1.807) is 52.0 Å². The van der Waals surface area contributed by atoms with Crippen LogP contribution in [0.15, 0.2) is 41.3 Å². The molecule has 2 aromatic rings. The molecule has 0 saturated carbocycles. The van der Waals surface area contributed by atoms with Gasteiger partial charge in [-0.3, -0.25) is 14.4 Å². The molecule has 0 aromatic heterocycles. The number of hydrogen-bond donors (Lipinski definition) is 2. The summed E-state index contributed by atoms with van der Waals surface area (Å²) in [5, 5.41) is 4.45. The molecule has 4 amide bonds. The highest BCUT2D eigenvalue weighted by Crippen LogP contribution is 2.29. The summed E-state index contributed by atoms with van der Waals surface area (Å²) in [7, 11) is -4.34. The zero-order valence-corrected chi connectivity index (χ0v) is 26.9. The number of fused-ring (bicyclic) bond motifs is 1. The number of carbonyl (C=O) groups is 4. The molecule has 1 aliphatic heterocycles. The number of nitrogens with one attached hydrogen (secondary N) is 1. The van der Waals surface area contributed by atoms with E-state index in [0.717, 1.165) is 9.69 Å². The lowest BCUT2D eigenvalue weighted by molar-refractivity contribution is -0.145. The SMILES string of the molecule is CC(C)N(CCNC(=O)OC(C)(C)C)C(=O)[C@H](C)N1CC[C@H](N(CC(N)=O)S(=O)(=O)c2ccc3cc(Cl)ccc3c2)C1=O. The van der Waals surface area contributed by atoms with Crippen LogP contribution < -0.4 is 11.1 Å². The van der Waals surface area contributed by atoms with E-state index in [1.807, 2.05) is 13.8 Å². The first-order chi connectivity index (χ1) is 19.9. The van der Waals surface area contributed by atoms with E-state index in [1.165, 1.54) is 21.9 Å². The summed E-state index contributed by atoms with van der Waals surface area (Å²) < 4.78 is 33.6. The average molecular weight is 638 g/mol. The van der Waals surface area contributed by atoms with Gasteiger partial charge >= 0.3 is 6.09 Å². The Morgan fingerprint density at radius 3 is 2.35 bits per heavy atom. The Kier molecular flexibility index (Phi) is 10.7. The number of halogens is 1. The van der Waals surface area contributed by atoms with Crippen molar-refractivity contribution in [3.05, 3.63) is 41.4 Å². The number of hydrogen-bond acceptors (Lipinski definition) is 7. The van der Waals surface area contributed by atoms with Crippen molar-refractivity contribution in [1.82, 2.24) is 19.4 Å². The van der Waals surface area contributed by atoms with Crippen molar-refractivity contribution in [3.8, 4) is 0 Å². The van der Waals surface area contributed by atoms with Crippen LogP contribution in [0, 0.1) is 0 Å². The summed E-state index contributed by atoms with van der Waals surface area (Å²) in [5.41, 5.74) is 4.75. The fourth-order valence-electron chi connectivity index (χ4n) is 4.93.